The van der Waals surface area contributed by atoms with Crippen LogP contribution in [0.15, 0.2) is 47.6 Å². The Morgan fingerprint density at radius 3 is 2.61 bits per heavy atom. The number of hydrogen-bond donors (Lipinski definition) is 0. The minimum atomic E-state index is -0.0453. The molecule has 2 aromatic carbocycles. The number of carbonyl (C=O) groups excluding carboxylic acids is 1. The summed E-state index contributed by atoms with van der Waals surface area (Å²) in [5.41, 5.74) is 2.70. The molecular formula is C23H26N2O6. The Morgan fingerprint density at radius 1 is 1.06 bits per heavy atom. The SMILES string of the molecule is COc1ccc(CON=C2CCOc3cc(OCC(=O)N4CCOCC4)ccc32)cc1. The van der Waals surface area contributed by atoms with Crippen LogP contribution in [0.1, 0.15) is 17.5 Å². The highest BCUT2D eigenvalue weighted by Gasteiger charge is 2.20. The first kappa shape index (κ1) is 21.0. The molecule has 8 nitrogen and oxygen atoms in total. The predicted molar refractivity (Wildman–Crippen MR) is 114 cm³/mol. The molecule has 0 bridgehead atoms. The normalized spacial score (nSPS) is 16.9. The summed E-state index contributed by atoms with van der Waals surface area (Å²) in [5.74, 6) is 2.02. The standard InChI is InChI=1S/C23H26N2O6/c1-27-18-4-2-17(3-5-18)15-31-24-21-8-11-29-22-14-19(6-7-20(21)22)30-16-23(26)25-9-12-28-13-10-25/h2-7,14H,8-13,15-16H2,1H3. The van der Waals surface area contributed by atoms with Crippen LogP contribution < -0.4 is 14.2 Å². The Bertz CT molecular complexity index is 922. The number of rotatable bonds is 7. The molecule has 2 aliphatic heterocycles. The fourth-order valence-corrected chi connectivity index (χ4v) is 3.39. The molecule has 2 aromatic rings. The van der Waals surface area contributed by atoms with Gasteiger partial charge in [-0.15, -0.1) is 0 Å². The summed E-state index contributed by atoms with van der Waals surface area (Å²) in [6.07, 6.45) is 0.658. The highest BCUT2D eigenvalue weighted by atomic mass is 16.6. The summed E-state index contributed by atoms with van der Waals surface area (Å²) < 4.78 is 21.9. The lowest BCUT2D eigenvalue weighted by molar-refractivity contribution is -0.137. The molecule has 0 spiro atoms. The van der Waals surface area contributed by atoms with Gasteiger partial charge in [-0.1, -0.05) is 17.3 Å². The van der Waals surface area contributed by atoms with Crippen molar-refractivity contribution in [2.24, 2.45) is 5.16 Å². The van der Waals surface area contributed by atoms with Crippen LogP contribution in [0.4, 0.5) is 0 Å². The smallest absolute Gasteiger partial charge is 0.260 e. The van der Waals surface area contributed by atoms with Crippen LogP contribution in [0.5, 0.6) is 17.2 Å². The quantitative estimate of drug-likeness (QED) is 0.634. The third kappa shape index (κ3) is 5.46. The molecule has 2 heterocycles. The Hall–Kier alpha value is -3.26. The summed E-state index contributed by atoms with van der Waals surface area (Å²) in [6, 6.07) is 13.2. The van der Waals surface area contributed by atoms with E-state index in [-0.39, 0.29) is 12.5 Å². The minimum absolute atomic E-state index is 0.00922. The molecule has 164 valence electrons. The first-order valence-corrected chi connectivity index (χ1v) is 10.3. The average Bonchev–Trinajstić information content (AvgIpc) is 2.83. The largest absolute Gasteiger partial charge is 0.497 e. The maximum Gasteiger partial charge on any atom is 0.260 e. The second-order valence-corrected chi connectivity index (χ2v) is 7.20. The molecule has 0 unspecified atom stereocenters. The molecule has 0 aliphatic carbocycles. The molecule has 31 heavy (non-hydrogen) atoms. The lowest BCUT2D eigenvalue weighted by Crippen LogP contribution is -2.42. The lowest BCUT2D eigenvalue weighted by Gasteiger charge is -2.26. The fourth-order valence-electron chi connectivity index (χ4n) is 3.39. The van der Waals surface area contributed by atoms with Crippen LogP contribution in [0.3, 0.4) is 0 Å². The van der Waals surface area contributed by atoms with Crippen molar-refractivity contribution in [3.8, 4) is 17.2 Å². The van der Waals surface area contributed by atoms with E-state index in [9.17, 15) is 4.79 Å². The van der Waals surface area contributed by atoms with Crippen molar-refractivity contribution in [3.63, 3.8) is 0 Å². The van der Waals surface area contributed by atoms with Gasteiger partial charge in [-0.3, -0.25) is 4.79 Å². The zero-order valence-corrected chi connectivity index (χ0v) is 17.5. The van der Waals surface area contributed by atoms with Gasteiger partial charge in [-0.25, -0.2) is 0 Å². The zero-order valence-electron chi connectivity index (χ0n) is 17.5. The summed E-state index contributed by atoms with van der Waals surface area (Å²) in [4.78, 5) is 19.6. The second kappa shape index (κ2) is 10.2. The third-order valence-corrected chi connectivity index (χ3v) is 5.15. The van der Waals surface area contributed by atoms with E-state index in [1.807, 2.05) is 36.4 Å². The molecule has 1 saturated heterocycles. The van der Waals surface area contributed by atoms with Gasteiger partial charge in [-0.05, 0) is 29.8 Å². The van der Waals surface area contributed by atoms with Gasteiger partial charge < -0.3 is 28.7 Å². The fraction of sp³-hybridized carbons (Fsp3) is 0.391. The minimum Gasteiger partial charge on any atom is -0.497 e. The van der Waals surface area contributed by atoms with Gasteiger partial charge in [0.15, 0.2) is 6.61 Å². The van der Waals surface area contributed by atoms with Crippen LogP contribution in [0, 0.1) is 0 Å². The highest BCUT2D eigenvalue weighted by molar-refractivity contribution is 6.03. The molecule has 0 radical (unpaired) electrons. The van der Waals surface area contributed by atoms with Crippen LogP contribution in [-0.4, -0.2) is 63.1 Å². The Kier molecular flexibility index (Phi) is 6.89. The number of carbonyl (C=O) groups is 1. The first-order chi connectivity index (χ1) is 15.2. The maximum absolute atomic E-state index is 12.3. The topological polar surface area (TPSA) is 78.8 Å². The Labute approximate surface area is 181 Å². The Balaban J connectivity index is 1.34. The van der Waals surface area contributed by atoms with Gasteiger partial charge >= 0.3 is 0 Å². The number of amides is 1. The highest BCUT2D eigenvalue weighted by Crippen LogP contribution is 2.30. The molecule has 2 aliphatic rings. The van der Waals surface area contributed by atoms with Crippen LogP contribution in [-0.2, 0) is 21.0 Å². The lowest BCUT2D eigenvalue weighted by atomic mass is 10.0. The number of benzene rings is 2. The van der Waals surface area contributed by atoms with Crippen molar-refractivity contribution in [3.05, 3.63) is 53.6 Å². The van der Waals surface area contributed by atoms with Crippen molar-refractivity contribution in [2.45, 2.75) is 13.0 Å². The third-order valence-electron chi connectivity index (χ3n) is 5.15. The number of morpholine rings is 1. The summed E-state index contributed by atoms with van der Waals surface area (Å²) >= 11 is 0. The van der Waals surface area contributed by atoms with E-state index in [0.717, 1.165) is 22.6 Å². The zero-order chi connectivity index (χ0) is 21.5. The van der Waals surface area contributed by atoms with Crippen molar-refractivity contribution in [2.75, 3.05) is 46.6 Å². The van der Waals surface area contributed by atoms with Gasteiger partial charge in [0.1, 0.15) is 23.9 Å². The maximum atomic E-state index is 12.3. The molecule has 1 amide bonds. The van der Waals surface area contributed by atoms with Crippen molar-refractivity contribution in [1.29, 1.82) is 0 Å². The molecule has 0 N–H and O–H groups in total. The molecule has 1 fully saturated rings. The van der Waals surface area contributed by atoms with E-state index < -0.39 is 0 Å². The summed E-state index contributed by atoms with van der Waals surface area (Å²) in [7, 11) is 1.64. The number of ether oxygens (including phenoxy) is 4. The van der Waals surface area contributed by atoms with E-state index in [1.54, 1.807) is 18.1 Å². The molecule has 0 aromatic heterocycles. The first-order valence-electron chi connectivity index (χ1n) is 10.3. The monoisotopic (exact) mass is 426 g/mol. The van der Waals surface area contributed by atoms with Gasteiger partial charge in [0.25, 0.3) is 5.91 Å². The van der Waals surface area contributed by atoms with Crippen molar-refractivity contribution in [1.82, 2.24) is 4.90 Å². The number of methoxy groups -OCH3 is 1. The van der Waals surface area contributed by atoms with Gasteiger partial charge in [0.05, 0.1) is 32.6 Å². The van der Waals surface area contributed by atoms with E-state index in [4.69, 9.17) is 23.8 Å². The van der Waals surface area contributed by atoms with E-state index >= 15 is 0 Å². The molecule has 8 heteroatoms. The van der Waals surface area contributed by atoms with Crippen molar-refractivity contribution < 1.29 is 28.6 Å². The number of oxime groups is 1. The second-order valence-electron chi connectivity index (χ2n) is 7.20. The number of hydrogen-bond acceptors (Lipinski definition) is 7. The Morgan fingerprint density at radius 2 is 1.84 bits per heavy atom. The van der Waals surface area contributed by atoms with Crippen LogP contribution >= 0.6 is 0 Å². The van der Waals surface area contributed by atoms with Gasteiger partial charge in [-0.2, -0.15) is 0 Å². The van der Waals surface area contributed by atoms with E-state index in [2.05, 4.69) is 5.16 Å². The van der Waals surface area contributed by atoms with Gasteiger partial charge in [0, 0.05) is 31.1 Å². The van der Waals surface area contributed by atoms with Gasteiger partial charge in [0.2, 0.25) is 0 Å². The molecular weight excluding hydrogens is 400 g/mol. The molecule has 0 saturated carbocycles. The van der Waals surface area contributed by atoms with E-state index in [1.165, 1.54) is 0 Å². The van der Waals surface area contributed by atoms with Crippen LogP contribution in [0.2, 0.25) is 0 Å². The molecule has 0 atom stereocenters. The van der Waals surface area contributed by atoms with E-state index in [0.29, 0.717) is 57.4 Å². The summed E-state index contributed by atoms with van der Waals surface area (Å²) in [5, 5.41) is 4.32. The number of fused-ring (bicyclic) bond motifs is 1. The van der Waals surface area contributed by atoms with Crippen LogP contribution in [0.25, 0.3) is 0 Å². The summed E-state index contributed by atoms with van der Waals surface area (Å²) in [6.45, 7) is 3.22. The molecule has 4 rings (SSSR count). The predicted octanol–water partition coefficient (Wildman–Crippen LogP) is 2.64. The average molecular weight is 426 g/mol. The number of nitrogens with zero attached hydrogens (tertiary/aromatic N) is 2. The van der Waals surface area contributed by atoms with Crippen molar-refractivity contribution >= 4 is 11.6 Å².